The summed E-state index contributed by atoms with van der Waals surface area (Å²) in [7, 11) is 3.54. The lowest BCUT2D eigenvalue weighted by molar-refractivity contribution is -0.194. The molecule has 1 aromatic rings. The number of carbonyl (C=O) groups excluding carboxylic acids is 1. The van der Waals surface area contributed by atoms with Crippen molar-refractivity contribution in [2.24, 2.45) is 35.0 Å². The fourth-order valence-electron chi connectivity index (χ4n) is 11.1. The number of allylic oxidation sites excluding steroid dienone is 9. The molecule has 0 amide bonds. The lowest BCUT2D eigenvalue weighted by Gasteiger charge is -2.61. The van der Waals surface area contributed by atoms with E-state index in [-0.39, 0.29) is 49.0 Å². The van der Waals surface area contributed by atoms with Crippen LogP contribution in [0.15, 0.2) is 95.2 Å². The molecule has 11 unspecified atom stereocenters. The number of methoxy groups -OCH3 is 1. The molecule has 4 bridgehead atoms. The SMILES string of the molecule is C=C(C=CC=C(COCC(O)CO)C1CCC2(C1O)C1C(=C(C)C=O)C(C=CC1CCO)CC2(O)CCNC)C1CC=C(C)C(O)NC(C)(CCOC)Cc2cccc(c2)C1. The van der Waals surface area contributed by atoms with Crippen molar-refractivity contribution in [1.29, 1.82) is 0 Å². The van der Waals surface area contributed by atoms with E-state index in [4.69, 9.17) is 9.47 Å². The Hall–Kier alpha value is -3.07. The number of aldehydes is 1. The Bertz CT molecular complexity index is 1800. The Balaban J connectivity index is 1.50. The molecule has 11 heteroatoms. The molecular weight excluding hydrogens is 773 g/mol. The minimum absolute atomic E-state index is 0.0209. The maximum absolute atomic E-state index is 12.9. The lowest BCUT2D eigenvalue weighted by atomic mass is 9.45. The highest BCUT2D eigenvalue weighted by atomic mass is 16.5. The van der Waals surface area contributed by atoms with Gasteiger partial charge in [0.2, 0.25) is 0 Å². The summed E-state index contributed by atoms with van der Waals surface area (Å²) in [5.74, 6) is -1.12. The molecule has 0 radical (unpaired) electrons. The van der Waals surface area contributed by atoms with E-state index in [1.165, 1.54) is 11.1 Å². The van der Waals surface area contributed by atoms with E-state index in [9.17, 15) is 35.4 Å². The molecule has 1 aromatic carbocycles. The molecule has 0 saturated heterocycles. The Morgan fingerprint density at radius 1 is 1.16 bits per heavy atom. The summed E-state index contributed by atoms with van der Waals surface area (Å²) in [6.45, 7) is 11.0. The van der Waals surface area contributed by atoms with Crippen molar-refractivity contribution in [3.8, 4) is 0 Å². The van der Waals surface area contributed by atoms with Crippen LogP contribution in [0.1, 0.15) is 76.8 Å². The van der Waals surface area contributed by atoms with Crippen LogP contribution in [-0.4, -0.2) is 120 Å². The van der Waals surface area contributed by atoms with E-state index in [0.29, 0.717) is 57.2 Å². The Kier molecular flexibility index (Phi) is 17.7. The highest BCUT2D eigenvalue weighted by Gasteiger charge is 2.68. The molecule has 8 N–H and O–H groups in total. The van der Waals surface area contributed by atoms with Crippen molar-refractivity contribution >= 4 is 6.29 Å². The fraction of sp³-hybridized carbons (Fsp3) is 0.620. The highest BCUT2D eigenvalue weighted by molar-refractivity contribution is 5.74. The maximum atomic E-state index is 12.9. The monoisotopic (exact) mass is 847 g/mol. The highest BCUT2D eigenvalue weighted by Crippen LogP contribution is 2.67. The molecule has 11 atom stereocenters. The van der Waals surface area contributed by atoms with Gasteiger partial charge in [-0.2, -0.15) is 0 Å². The number of nitrogens with one attached hydrogen (secondary N) is 2. The molecule has 1 aliphatic heterocycles. The summed E-state index contributed by atoms with van der Waals surface area (Å²) in [5.41, 5.74) is 3.76. The van der Waals surface area contributed by atoms with Gasteiger partial charge in [-0.05, 0) is 138 Å². The molecular formula is C50H74N2O9. The van der Waals surface area contributed by atoms with Gasteiger partial charge < -0.3 is 45.4 Å². The van der Waals surface area contributed by atoms with Gasteiger partial charge in [0.1, 0.15) is 18.6 Å². The number of carbonyl (C=O) groups is 1. The first-order valence-electron chi connectivity index (χ1n) is 22.3. The molecule has 61 heavy (non-hydrogen) atoms. The van der Waals surface area contributed by atoms with Crippen LogP contribution in [0.3, 0.4) is 0 Å². The molecule has 5 rings (SSSR count). The van der Waals surface area contributed by atoms with Gasteiger partial charge in [-0.3, -0.25) is 10.1 Å². The molecule has 4 aliphatic rings. The van der Waals surface area contributed by atoms with Crippen LogP contribution in [0.4, 0.5) is 0 Å². The van der Waals surface area contributed by atoms with Crippen LogP contribution in [0.5, 0.6) is 0 Å². The lowest BCUT2D eigenvalue weighted by Crippen LogP contribution is -2.65. The van der Waals surface area contributed by atoms with Crippen LogP contribution < -0.4 is 10.6 Å². The third-order valence-corrected chi connectivity index (χ3v) is 14.4. The van der Waals surface area contributed by atoms with Crippen molar-refractivity contribution < 1.29 is 44.9 Å². The number of ether oxygens (including phenoxy) is 2. The largest absolute Gasteiger partial charge is 0.396 e. The number of aliphatic hydroxyl groups excluding tert-OH is 5. The van der Waals surface area contributed by atoms with Gasteiger partial charge in [0.05, 0.1) is 31.5 Å². The second-order valence-electron chi connectivity index (χ2n) is 18.6. The Labute approximate surface area is 364 Å². The molecule has 1 spiro atoms. The van der Waals surface area contributed by atoms with E-state index in [1.54, 1.807) is 7.11 Å². The maximum Gasteiger partial charge on any atom is 0.145 e. The van der Waals surface area contributed by atoms with Gasteiger partial charge >= 0.3 is 0 Å². The standard InChI is InChI=1S/C50H74N2O9/c1-33(39-14-13-34(2)47(58)52-48(4,21-24-60-6)27-37-11-8-10-36(25-37)26-39)9-7-12-41(31-61-32-42(56)30-55)43-17-19-50(46(43)57)45-38(18-23-53)15-16-40(44(45)35(3)29-54)28-49(50,59)20-22-51-5/h7-13,15-16,25,29,38-40,42-43,45-47,51-53,55-59H,1,14,17-24,26-28,30-32H2,2-6H3. The van der Waals surface area contributed by atoms with Crippen LogP contribution in [0.25, 0.3) is 0 Å². The van der Waals surface area contributed by atoms with Gasteiger partial charge in [0.25, 0.3) is 0 Å². The molecule has 2 saturated carbocycles. The minimum Gasteiger partial charge on any atom is -0.396 e. The number of benzene rings is 1. The summed E-state index contributed by atoms with van der Waals surface area (Å²) < 4.78 is 11.4. The number of hydrogen-bond acceptors (Lipinski definition) is 11. The predicted molar refractivity (Wildman–Crippen MR) is 239 cm³/mol. The molecule has 3 aliphatic carbocycles. The first kappa shape index (κ1) is 49.0. The first-order chi connectivity index (χ1) is 29.2. The van der Waals surface area contributed by atoms with Crippen molar-refractivity contribution in [2.75, 3.05) is 53.7 Å². The predicted octanol–water partition coefficient (Wildman–Crippen LogP) is 4.67. The third kappa shape index (κ3) is 11.2. The van der Waals surface area contributed by atoms with Gasteiger partial charge in [0.15, 0.2) is 0 Å². The van der Waals surface area contributed by atoms with Crippen LogP contribution in [0, 0.1) is 35.0 Å². The van der Waals surface area contributed by atoms with E-state index in [1.807, 2.05) is 39.1 Å². The van der Waals surface area contributed by atoms with Crippen molar-refractivity contribution in [3.63, 3.8) is 0 Å². The van der Waals surface area contributed by atoms with Crippen LogP contribution in [-0.2, 0) is 27.1 Å². The van der Waals surface area contributed by atoms with E-state index in [0.717, 1.165) is 47.8 Å². The number of fused-ring (bicyclic) bond motifs is 5. The summed E-state index contributed by atoms with van der Waals surface area (Å²) >= 11 is 0. The molecule has 0 aromatic heterocycles. The zero-order valence-electron chi connectivity index (χ0n) is 37.2. The second-order valence-corrected chi connectivity index (χ2v) is 18.6. The average Bonchev–Trinajstić information content (AvgIpc) is 3.59. The Morgan fingerprint density at radius 3 is 2.64 bits per heavy atom. The third-order valence-electron chi connectivity index (χ3n) is 14.4. The van der Waals surface area contributed by atoms with Crippen LogP contribution in [0.2, 0.25) is 0 Å². The van der Waals surface area contributed by atoms with Gasteiger partial charge in [0, 0.05) is 43.1 Å². The van der Waals surface area contributed by atoms with Crippen molar-refractivity contribution in [1.82, 2.24) is 10.6 Å². The Morgan fingerprint density at radius 2 is 1.93 bits per heavy atom. The number of rotatable bonds is 18. The van der Waals surface area contributed by atoms with Crippen LogP contribution >= 0.6 is 0 Å². The molecule has 338 valence electrons. The molecule has 11 nitrogen and oxygen atoms in total. The quantitative estimate of drug-likeness (QED) is 0.0446. The topological polar surface area (TPSA) is 181 Å². The first-order valence-corrected chi connectivity index (χ1v) is 22.3. The summed E-state index contributed by atoms with van der Waals surface area (Å²) in [5, 5.41) is 73.7. The van der Waals surface area contributed by atoms with Gasteiger partial charge in [-0.1, -0.05) is 78.4 Å². The van der Waals surface area contributed by atoms with Gasteiger partial charge in [-0.25, -0.2) is 0 Å². The average molecular weight is 847 g/mol. The minimum atomic E-state index is -1.28. The van der Waals surface area contributed by atoms with E-state index >= 15 is 0 Å². The smallest absolute Gasteiger partial charge is 0.145 e. The summed E-state index contributed by atoms with van der Waals surface area (Å²) in [6, 6.07) is 8.60. The van der Waals surface area contributed by atoms with Gasteiger partial charge in [-0.15, -0.1) is 0 Å². The zero-order valence-corrected chi connectivity index (χ0v) is 37.2. The second kappa shape index (κ2) is 22.0. The molecule has 1 heterocycles. The fourth-order valence-corrected chi connectivity index (χ4v) is 11.1. The van der Waals surface area contributed by atoms with E-state index in [2.05, 4.69) is 66.6 Å². The normalized spacial score (nSPS) is 34.5. The summed E-state index contributed by atoms with van der Waals surface area (Å²) in [6.07, 6.45) is 15.2. The zero-order chi connectivity index (χ0) is 44.4. The number of hydrogen-bond donors (Lipinski definition) is 8. The van der Waals surface area contributed by atoms with Crippen molar-refractivity contribution in [3.05, 3.63) is 106 Å². The van der Waals surface area contributed by atoms with E-state index < -0.39 is 42.0 Å². The molecule has 2 fully saturated rings. The van der Waals surface area contributed by atoms with Crippen molar-refractivity contribution in [2.45, 2.75) is 108 Å². The summed E-state index contributed by atoms with van der Waals surface area (Å²) in [4.78, 5) is 12.4. The number of aliphatic hydroxyl groups is 6.